The number of aromatic nitrogens is 1. The Bertz CT molecular complexity index is 595. The van der Waals surface area contributed by atoms with Gasteiger partial charge in [0.1, 0.15) is 5.75 Å². The molecule has 1 atom stereocenters. The Labute approximate surface area is 113 Å². The second kappa shape index (κ2) is 5.02. The summed E-state index contributed by atoms with van der Waals surface area (Å²) in [4.78, 5) is 4.47. The van der Waals surface area contributed by atoms with E-state index in [0.29, 0.717) is 0 Å². The van der Waals surface area contributed by atoms with Crippen LogP contribution in [-0.4, -0.2) is 11.6 Å². The van der Waals surface area contributed by atoms with E-state index in [9.17, 15) is 0 Å². The number of aryl methyl sites for hydroxylation is 1. The van der Waals surface area contributed by atoms with E-state index in [1.165, 1.54) is 11.1 Å². The predicted molar refractivity (Wildman–Crippen MR) is 75.3 cm³/mol. The summed E-state index contributed by atoms with van der Waals surface area (Å²) in [5.41, 5.74) is 10.9. The van der Waals surface area contributed by atoms with Crippen LogP contribution in [0.25, 0.3) is 0 Å². The highest BCUT2D eigenvalue weighted by Gasteiger charge is 2.22. The zero-order chi connectivity index (χ0) is 13.2. The average molecular weight is 254 g/mol. The monoisotopic (exact) mass is 254 g/mol. The predicted octanol–water partition coefficient (Wildman–Crippen LogP) is 2.63. The molecule has 1 aliphatic rings. The summed E-state index contributed by atoms with van der Waals surface area (Å²) in [6, 6.07) is 10.0. The van der Waals surface area contributed by atoms with Gasteiger partial charge in [0, 0.05) is 18.2 Å². The molecule has 3 nitrogen and oxygen atoms in total. The molecular weight excluding hydrogens is 236 g/mol. The molecule has 0 saturated carbocycles. The van der Waals surface area contributed by atoms with Crippen molar-refractivity contribution in [2.45, 2.75) is 25.8 Å². The van der Waals surface area contributed by atoms with Gasteiger partial charge in [-0.1, -0.05) is 31.2 Å². The van der Waals surface area contributed by atoms with Gasteiger partial charge in [0.15, 0.2) is 0 Å². The van der Waals surface area contributed by atoms with Crippen molar-refractivity contribution in [1.29, 1.82) is 0 Å². The second-order valence-electron chi connectivity index (χ2n) is 4.81. The van der Waals surface area contributed by atoms with Gasteiger partial charge in [-0.05, 0) is 23.6 Å². The largest absolute Gasteiger partial charge is 0.493 e. The molecule has 2 aromatic rings. The van der Waals surface area contributed by atoms with Crippen LogP contribution >= 0.6 is 0 Å². The lowest BCUT2D eigenvalue weighted by Gasteiger charge is -2.17. The summed E-state index contributed by atoms with van der Waals surface area (Å²) >= 11 is 0. The van der Waals surface area contributed by atoms with E-state index >= 15 is 0 Å². The summed E-state index contributed by atoms with van der Waals surface area (Å²) in [5, 5.41) is 0. The third-order valence-electron chi connectivity index (χ3n) is 3.68. The third-order valence-corrected chi connectivity index (χ3v) is 3.68. The van der Waals surface area contributed by atoms with E-state index in [-0.39, 0.29) is 6.04 Å². The van der Waals surface area contributed by atoms with Gasteiger partial charge in [-0.15, -0.1) is 0 Å². The number of rotatable bonds is 3. The molecule has 3 heteroatoms. The standard InChI is InChI=1S/C16H18N2O/c1-2-11-6-4-9-18-15(11)14(17)13-7-3-5-12-8-10-19-16(12)13/h3-7,9,14H,2,8,10,17H2,1H3. The zero-order valence-electron chi connectivity index (χ0n) is 11.1. The fraction of sp³-hybridized carbons (Fsp3) is 0.312. The number of nitrogens with two attached hydrogens (primary N) is 1. The lowest BCUT2D eigenvalue weighted by atomic mass is 9.96. The van der Waals surface area contributed by atoms with Crippen molar-refractivity contribution in [3.63, 3.8) is 0 Å². The number of fused-ring (bicyclic) bond motifs is 1. The molecule has 2 N–H and O–H groups in total. The van der Waals surface area contributed by atoms with E-state index in [4.69, 9.17) is 10.5 Å². The van der Waals surface area contributed by atoms with Crippen LogP contribution in [-0.2, 0) is 12.8 Å². The zero-order valence-corrected chi connectivity index (χ0v) is 11.1. The Hall–Kier alpha value is -1.87. The highest BCUT2D eigenvalue weighted by molar-refractivity contribution is 5.48. The highest BCUT2D eigenvalue weighted by atomic mass is 16.5. The summed E-state index contributed by atoms with van der Waals surface area (Å²) < 4.78 is 5.74. The number of benzene rings is 1. The van der Waals surface area contributed by atoms with E-state index in [0.717, 1.165) is 36.5 Å². The van der Waals surface area contributed by atoms with Gasteiger partial charge >= 0.3 is 0 Å². The van der Waals surface area contributed by atoms with Gasteiger partial charge in [0.05, 0.1) is 18.3 Å². The van der Waals surface area contributed by atoms with Crippen molar-refractivity contribution in [1.82, 2.24) is 4.98 Å². The number of hydrogen-bond donors (Lipinski definition) is 1. The van der Waals surface area contributed by atoms with Crippen molar-refractivity contribution in [2.75, 3.05) is 6.61 Å². The average Bonchev–Trinajstić information content (AvgIpc) is 2.94. The number of nitrogens with zero attached hydrogens (tertiary/aromatic N) is 1. The number of para-hydroxylation sites is 1. The summed E-state index contributed by atoms with van der Waals surface area (Å²) in [6.45, 7) is 2.88. The van der Waals surface area contributed by atoms with Crippen molar-refractivity contribution < 1.29 is 4.74 Å². The molecule has 0 aliphatic carbocycles. The van der Waals surface area contributed by atoms with Crippen LogP contribution in [0.15, 0.2) is 36.5 Å². The van der Waals surface area contributed by atoms with Gasteiger partial charge in [0.25, 0.3) is 0 Å². The fourth-order valence-electron chi connectivity index (χ4n) is 2.66. The molecule has 0 saturated heterocycles. The molecule has 98 valence electrons. The molecule has 1 aromatic carbocycles. The first-order valence-corrected chi connectivity index (χ1v) is 6.75. The van der Waals surface area contributed by atoms with Crippen LogP contribution < -0.4 is 10.5 Å². The topological polar surface area (TPSA) is 48.1 Å². The van der Waals surface area contributed by atoms with Crippen LogP contribution in [0.4, 0.5) is 0 Å². The van der Waals surface area contributed by atoms with Crippen LogP contribution in [0.2, 0.25) is 0 Å². The molecule has 1 aliphatic heterocycles. The highest BCUT2D eigenvalue weighted by Crippen LogP contribution is 2.35. The van der Waals surface area contributed by atoms with E-state index in [1.807, 2.05) is 12.1 Å². The molecule has 2 heterocycles. The van der Waals surface area contributed by atoms with Crippen LogP contribution in [0, 0.1) is 0 Å². The van der Waals surface area contributed by atoms with Gasteiger partial charge < -0.3 is 10.5 Å². The molecular formula is C16H18N2O. The molecule has 3 rings (SSSR count). The van der Waals surface area contributed by atoms with Gasteiger partial charge in [-0.2, -0.15) is 0 Å². The first-order chi connectivity index (χ1) is 9.31. The second-order valence-corrected chi connectivity index (χ2v) is 4.81. The minimum atomic E-state index is -0.218. The van der Waals surface area contributed by atoms with Crippen LogP contribution in [0.1, 0.15) is 35.3 Å². The molecule has 0 bridgehead atoms. The molecule has 0 radical (unpaired) electrons. The molecule has 0 fully saturated rings. The smallest absolute Gasteiger partial charge is 0.127 e. The maximum atomic E-state index is 6.42. The Kier molecular flexibility index (Phi) is 3.22. The first-order valence-electron chi connectivity index (χ1n) is 6.75. The lowest BCUT2D eigenvalue weighted by Crippen LogP contribution is -2.16. The third kappa shape index (κ3) is 2.10. The molecule has 0 spiro atoms. The first kappa shape index (κ1) is 12.2. The quantitative estimate of drug-likeness (QED) is 0.916. The van der Waals surface area contributed by atoms with Gasteiger partial charge in [-0.25, -0.2) is 0 Å². The summed E-state index contributed by atoms with van der Waals surface area (Å²) in [5.74, 6) is 0.961. The maximum Gasteiger partial charge on any atom is 0.127 e. The minimum Gasteiger partial charge on any atom is -0.493 e. The van der Waals surface area contributed by atoms with E-state index in [2.05, 4.69) is 30.1 Å². The van der Waals surface area contributed by atoms with Gasteiger partial charge in [-0.3, -0.25) is 4.98 Å². The van der Waals surface area contributed by atoms with E-state index in [1.54, 1.807) is 6.20 Å². The molecule has 1 aromatic heterocycles. The van der Waals surface area contributed by atoms with Gasteiger partial charge in [0.2, 0.25) is 0 Å². The molecule has 0 amide bonds. The maximum absolute atomic E-state index is 6.42. The Morgan fingerprint density at radius 3 is 3.05 bits per heavy atom. The van der Waals surface area contributed by atoms with Crippen LogP contribution in [0.3, 0.4) is 0 Å². The van der Waals surface area contributed by atoms with Crippen molar-refractivity contribution in [2.24, 2.45) is 5.73 Å². The lowest BCUT2D eigenvalue weighted by molar-refractivity contribution is 0.352. The summed E-state index contributed by atoms with van der Waals surface area (Å²) in [6.07, 6.45) is 3.71. The van der Waals surface area contributed by atoms with Crippen molar-refractivity contribution in [3.8, 4) is 5.75 Å². The van der Waals surface area contributed by atoms with Crippen molar-refractivity contribution in [3.05, 3.63) is 58.9 Å². The molecule has 1 unspecified atom stereocenters. The fourth-order valence-corrected chi connectivity index (χ4v) is 2.66. The Morgan fingerprint density at radius 2 is 2.21 bits per heavy atom. The number of hydrogen-bond acceptors (Lipinski definition) is 3. The Balaban J connectivity index is 2.05. The SMILES string of the molecule is CCc1cccnc1C(N)c1cccc2c1OCC2. The normalized spacial score (nSPS) is 14.8. The number of ether oxygens (including phenoxy) is 1. The molecule has 19 heavy (non-hydrogen) atoms. The Morgan fingerprint density at radius 1 is 1.32 bits per heavy atom. The number of pyridine rings is 1. The van der Waals surface area contributed by atoms with Crippen molar-refractivity contribution >= 4 is 0 Å². The summed E-state index contributed by atoms with van der Waals surface area (Å²) in [7, 11) is 0. The van der Waals surface area contributed by atoms with E-state index < -0.39 is 0 Å². The minimum absolute atomic E-state index is 0.218. The van der Waals surface area contributed by atoms with Crippen LogP contribution in [0.5, 0.6) is 5.75 Å².